The van der Waals surface area contributed by atoms with Gasteiger partial charge in [-0.3, -0.25) is 0 Å². The minimum absolute atomic E-state index is 0. The molecule has 1 N–H and O–H groups in total. The van der Waals surface area contributed by atoms with Crippen molar-refractivity contribution in [1.82, 2.24) is 5.32 Å². The van der Waals surface area contributed by atoms with E-state index in [1.165, 1.54) is 6.54 Å². The third-order valence-corrected chi connectivity index (χ3v) is 1.62. The van der Waals surface area contributed by atoms with Gasteiger partial charge in [-0.15, -0.1) is 12.4 Å². The highest BCUT2D eigenvalue weighted by Crippen LogP contribution is 2.08. The maximum Gasteiger partial charge on any atom is 0.00765 e. The molecule has 0 aromatic carbocycles. The smallest absolute Gasteiger partial charge is 0.00765 e. The van der Waals surface area contributed by atoms with Crippen molar-refractivity contribution in [2.24, 2.45) is 5.92 Å². The third kappa shape index (κ3) is 1.32. The van der Waals surface area contributed by atoms with E-state index in [1.54, 1.807) is 0 Å². The van der Waals surface area contributed by atoms with Gasteiger partial charge in [-0.25, -0.2) is 0 Å². The van der Waals surface area contributed by atoms with Crippen LogP contribution in [0.15, 0.2) is 0 Å². The summed E-state index contributed by atoms with van der Waals surface area (Å²) < 4.78 is 0. The Morgan fingerprint density at radius 2 is 1.86 bits per heavy atom. The highest BCUT2D eigenvalue weighted by Gasteiger charge is 2.19. The normalized spacial score (nSPS) is 38.6. The number of rotatable bonds is 0. The fourth-order valence-electron chi connectivity index (χ4n) is 0.589. The van der Waals surface area contributed by atoms with E-state index in [-0.39, 0.29) is 12.4 Å². The van der Waals surface area contributed by atoms with Crippen molar-refractivity contribution in [1.29, 1.82) is 0 Å². The molecule has 1 nitrogen and oxygen atoms in total. The summed E-state index contributed by atoms with van der Waals surface area (Å²) in [7, 11) is 0. The van der Waals surface area contributed by atoms with Gasteiger partial charge in [0.05, 0.1) is 0 Å². The van der Waals surface area contributed by atoms with E-state index < -0.39 is 0 Å². The second-order valence-corrected chi connectivity index (χ2v) is 2.17. The molecule has 1 fully saturated rings. The zero-order chi connectivity index (χ0) is 4.57. The molecule has 1 aliphatic rings. The van der Waals surface area contributed by atoms with Gasteiger partial charge in [0.2, 0.25) is 0 Å². The van der Waals surface area contributed by atoms with E-state index in [2.05, 4.69) is 19.2 Å². The number of hydrogen-bond acceptors (Lipinski definition) is 1. The van der Waals surface area contributed by atoms with Crippen LogP contribution in [0, 0.1) is 5.92 Å². The molecule has 0 amide bonds. The second-order valence-electron chi connectivity index (χ2n) is 2.17. The average molecular weight is 122 g/mol. The van der Waals surface area contributed by atoms with Crippen molar-refractivity contribution in [2.75, 3.05) is 6.54 Å². The SMILES string of the molecule is C[C@@H]1CN[C@@H]1C.Cl. The van der Waals surface area contributed by atoms with Crippen molar-refractivity contribution in [3.8, 4) is 0 Å². The van der Waals surface area contributed by atoms with Crippen molar-refractivity contribution in [2.45, 2.75) is 19.9 Å². The fraction of sp³-hybridized carbons (Fsp3) is 1.00. The van der Waals surface area contributed by atoms with Crippen LogP contribution >= 0.6 is 12.4 Å². The van der Waals surface area contributed by atoms with Gasteiger partial charge in [-0.05, 0) is 19.4 Å². The molecule has 0 aliphatic carbocycles. The maximum atomic E-state index is 3.26. The van der Waals surface area contributed by atoms with Gasteiger partial charge in [0.1, 0.15) is 0 Å². The quantitative estimate of drug-likeness (QED) is 0.505. The predicted molar refractivity (Wildman–Crippen MR) is 33.9 cm³/mol. The summed E-state index contributed by atoms with van der Waals surface area (Å²) in [5.41, 5.74) is 0. The van der Waals surface area contributed by atoms with E-state index in [9.17, 15) is 0 Å². The first-order valence-corrected chi connectivity index (χ1v) is 2.54. The lowest BCUT2D eigenvalue weighted by Gasteiger charge is -2.31. The Hall–Kier alpha value is 0.250. The molecule has 0 saturated carbocycles. The number of hydrogen-bond donors (Lipinski definition) is 1. The molecule has 0 radical (unpaired) electrons. The van der Waals surface area contributed by atoms with Crippen LogP contribution in [0.3, 0.4) is 0 Å². The lowest BCUT2D eigenvalue weighted by atomic mass is 9.96. The van der Waals surface area contributed by atoms with Gasteiger partial charge in [0, 0.05) is 6.04 Å². The average Bonchev–Trinajstić information content (AvgIpc) is 1.61. The van der Waals surface area contributed by atoms with Gasteiger partial charge < -0.3 is 5.32 Å². The minimum atomic E-state index is 0. The molecular formula is C5H12ClN. The highest BCUT2D eigenvalue weighted by molar-refractivity contribution is 5.85. The summed E-state index contributed by atoms with van der Waals surface area (Å²) in [5, 5.41) is 3.26. The molecule has 7 heavy (non-hydrogen) atoms. The monoisotopic (exact) mass is 121 g/mol. The van der Waals surface area contributed by atoms with Crippen LogP contribution < -0.4 is 5.32 Å². The molecule has 1 heterocycles. The van der Waals surface area contributed by atoms with Gasteiger partial charge in [-0.2, -0.15) is 0 Å². The zero-order valence-corrected chi connectivity index (χ0v) is 5.59. The summed E-state index contributed by atoms with van der Waals surface area (Å²) in [6.45, 7) is 5.70. The van der Waals surface area contributed by atoms with Crippen molar-refractivity contribution >= 4 is 12.4 Å². The van der Waals surface area contributed by atoms with Crippen LogP contribution in [0.5, 0.6) is 0 Å². The standard InChI is InChI=1S/C5H11N.ClH/c1-4-3-6-5(4)2;/h4-6H,3H2,1-2H3;1H/t4-,5-;/m1./s1. The molecule has 0 spiro atoms. The van der Waals surface area contributed by atoms with Crippen LogP contribution in [0.2, 0.25) is 0 Å². The van der Waals surface area contributed by atoms with Gasteiger partial charge in [-0.1, -0.05) is 6.92 Å². The van der Waals surface area contributed by atoms with Crippen LogP contribution in [-0.4, -0.2) is 12.6 Å². The maximum absolute atomic E-state index is 3.26. The largest absolute Gasteiger partial charge is 0.314 e. The van der Waals surface area contributed by atoms with E-state index >= 15 is 0 Å². The number of nitrogens with one attached hydrogen (secondary N) is 1. The third-order valence-electron chi connectivity index (χ3n) is 1.62. The Morgan fingerprint density at radius 3 is 1.86 bits per heavy atom. The molecule has 44 valence electrons. The molecule has 0 aromatic rings. The second kappa shape index (κ2) is 2.53. The van der Waals surface area contributed by atoms with Crippen molar-refractivity contribution < 1.29 is 0 Å². The molecule has 2 heteroatoms. The summed E-state index contributed by atoms with van der Waals surface area (Å²) in [4.78, 5) is 0. The first-order valence-electron chi connectivity index (χ1n) is 2.54. The highest BCUT2D eigenvalue weighted by atomic mass is 35.5. The van der Waals surface area contributed by atoms with Crippen LogP contribution in [-0.2, 0) is 0 Å². The Labute approximate surface area is 50.9 Å². The zero-order valence-electron chi connectivity index (χ0n) is 4.77. The molecule has 2 atom stereocenters. The fourth-order valence-corrected chi connectivity index (χ4v) is 0.589. The minimum Gasteiger partial charge on any atom is -0.314 e. The summed E-state index contributed by atoms with van der Waals surface area (Å²) in [5.74, 6) is 0.921. The molecule has 1 rings (SSSR count). The molecule has 0 unspecified atom stereocenters. The van der Waals surface area contributed by atoms with E-state index in [0.717, 1.165) is 12.0 Å². The van der Waals surface area contributed by atoms with Gasteiger partial charge >= 0.3 is 0 Å². The first-order chi connectivity index (χ1) is 2.80. The summed E-state index contributed by atoms with van der Waals surface area (Å²) >= 11 is 0. The molecule has 0 aromatic heterocycles. The Balaban J connectivity index is 0.000000360. The molecule has 1 aliphatic heterocycles. The Kier molecular flexibility index (Phi) is 2.62. The van der Waals surface area contributed by atoms with Crippen LogP contribution in [0.1, 0.15) is 13.8 Å². The Morgan fingerprint density at radius 1 is 1.43 bits per heavy atom. The van der Waals surface area contributed by atoms with Gasteiger partial charge in [0.25, 0.3) is 0 Å². The van der Waals surface area contributed by atoms with Crippen LogP contribution in [0.4, 0.5) is 0 Å². The molecule has 1 saturated heterocycles. The number of halogens is 1. The van der Waals surface area contributed by atoms with E-state index in [0.29, 0.717) is 0 Å². The topological polar surface area (TPSA) is 12.0 Å². The lowest BCUT2D eigenvalue weighted by molar-refractivity contribution is 0.274. The van der Waals surface area contributed by atoms with Gasteiger partial charge in [0.15, 0.2) is 0 Å². The van der Waals surface area contributed by atoms with E-state index in [1.807, 2.05) is 0 Å². The summed E-state index contributed by atoms with van der Waals surface area (Å²) in [6, 6.07) is 0.782. The van der Waals surface area contributed by atoms with Crippen LogP contribution in [0.25, 0.3) is 0 Å². The molecule has 0 bridgehead atoms. The first kappa shape index (κ1) is 7.25. The predicted octanol–water partition coefficient (Wildman–Crippen LogP) is 1.04. The lowest BCUT2D eigenvalue weighted by Crippen LogP contribution is -2.49. The summed E-state index contributed by atoms with van der Waals surface area (Å²) in [6.07, 6.45) is 0. The Bertz CT molecular complexity index is 48.0. The molecular weight excluding hydrogens is 110 g/mol. The van der Waals surface area contributed by atoms with Crippen molar-refractivity contribution in [3.63, 3.8) is 0 Å². The van der Waals surface area contributed by atoms with E-state index in [4.69, 9.17) is 0 Å². The van der Waals surface area contributed by atoms with Crippen molar-refractivity contribution in [3.05, 3.63) is 0 Å².